The molecule has 36 heavy (non-hydrogen) atoms. The molecule has 2 amide bonds. The molecule has 1 fully saturated rings. The van der Waals surface area contributed by atoms with Crippen molar-refractivity contribution in [2.45, 2.75) is 41.5 Å². The van der Waals surface area contributed by atoms with E-state index in [-0.39, 0.29) is 23.4 Å². The van der Waals surface area contributed by atoms with Gasteiger partial charge in [-0.1, -0.05) is 53.6 Å². The first-order valence-electron chi connectivity index (χ1n) is 11.1. The minimum atomic E-state index is -3.44. The first-order chi connectivity index (χ1) is 17.2. The van der Waals surface area contributed by atoms with Crippen molar-refractivity contribution in [1.29, 1.82) is 0 Å². The van der Waals surface area contributed by atoms with E-state index in [1.807, 2.05) is 12.1 Å². The summed E-state index contributed by atoms with van der Waals surface area (Å²) in [7, 11) is -3.44. The number of urea groups is 1. The van der Waals surface area contributed by atoms with Gasteiger partial charge < -0.3 is 5.32 Å². The van der Waals surface area contributed by atoms with Gasteiger partial charge in [0.2, 0.25) is 10.0 Å². The van der Waals surface area contributed by atoms with Gasteiger partial charge in [-0.05, 0) is 43.2 Å². The smallest absolute Gasteiger partial charge is 0.307 e. The van der Waals surface area contributed by atoms with Gasteiger partial charge in [-0.15, -0.1) is 0 Å². The van der Waals surface area contributed by atoms with E-state index in [9.17, 15) is 18.0 Å². The summed E-state index contributed by atoms with van der Waals surface area (Å²) >= 11 is 8.65. The highest BCUT2D eigenvalue weighted by atomic mass is 35.5. The number of Topliss-reactive ketones (excluding diaryl/α,β-unsaturated/α-hetero) is 1. The van der Waals surface area contributed by atoms with Crippen LogP contribution in [0.1, 0.15) is 41.7 Å². The van der Waals surface area contributed by atoms with E-state index < -0.39 is 16.1 Å². The summed E-state index contributed by atoms with van der Waals surface area (Å²) in [5, 5.41) is 6.81. The minimum Gasteiger partial charge on any atom is -0.307 e. The molecule has 0 saturated heterocycles. The standard InChI is InChI=1S/C23H24ClN5O4S3/c1-36(32,33)26-13-18-21(34-19-8-4-5-11-25-19)35-23(28-18)29-22(31)27-17-10-9-15(24)12-16(17)20(30)14-6-2-3-7-14/h4-5,8-12,14,26H,2-3,6-7,13H2,1H3,(H2,27,28,29,31). The Balaban J connectivity index is 1.51. The molecule has 4 rings (SSSR count). The van der Waals surface area contributed by atoms with E-state index >= 15 is 0 Å². The normalized spacial score (nSPS) is 14.1. The second-order valence-electron chi connectivity index (χ2n) is 8.23. The molecule has 1 aliphatic carbocycles. The zero-order chi connectivity index (χ0) is 25.7. The molecule has 190 valence electrons. The molecule has 1 saturated carbocycles. The maximum atomic E-state index is 13.0. The van der Waals surface area contributed by atoms with Crippen LogP contribution in [-0.4, -0.2) is 36.5 Å². The van der Waals surface area contributed by atoms with Gasteiger partial charge in [-0.25, -0.2) is 27.9 Å². The number of hydrogen-bond acceptors (Lipinski definition) is 8. The highest BCUT2D eigenvalue weighted by Gasteiger charge is 2.26. The fourth-order valence-corrected chi connectivity index (χ4v) is 6.40. The quantitative estimate of drug-likeness (QED) is 0.296. The van der Waals surface area contributed by atoms with Crippen molar-refractivity contribution in [3.8, 4) is 0 Å². The third-order valence-corrected chi connectivity index (χ3v) is 8.52. The highest BCUT2D eigenvalue weighted by Crippen LogP contribution is 2.37. The number of hydrogen-bond donors (Lipinski definition) is 3. The minimum absolute atomic E-state index is 0.0252. The molecule has 1 aliphatic rings. The second kappa shape index (κ2) is 11.7. The second-order valence-corrected chi connectivity index (χ2v) is 12.8. The molecule has 0 atom stereocenters. The zero-order valence-corrected chi connectivity index (χ0v) is 22.5. The number of pyridine rings is 1. The molecule has 3 N–H and O–H groups in total. The Morgan fingerprint density at radius 2 is 1.94 bits per heavy atom. The summed E-state index contributed by atoms with van der Waals surface area (Å²) in [5.41, 5.74) is 1.21. The van der Waals surface area contributed by atoms with Crippen LogP contribution in [0.15, 0.2) is 51.8 Å². The van der Waals surface area contributed by atoms with Crippen LogP contribution in [0.4, 0.5) is 15.6 Å². The van der Waals surface area contributed by atoms with Gasteiger partial charge in [0.25, 0.3) is 0 Å². The zero-order valence-electron chi connectivity index (χ0n) is 19.3. The van der Waals surface area contributed by atoms with Crippen molar-refractivity contribution in [3.05, 3.63) is 58.9 Å². The van der Waals surface area contributed by atoms with Gasteiger partial charge >= 0.3 is 6.03 Å². The number of sulfonamides is 1. The Morgan fingerprint density at radius 3 is 2.64 bits per heavy atom. The number of carbonyl (C=O) groups excluding carboxylic acids is 2. The number of halogens is 1. The number of aromatic nitrogens is 2. The summed E-state index contributed by atoms with van der Waals surface area (Å²) < 4.78 is 26.3. The topological polar surface area (TPSA) is 130 Å². The van der Waals surface area contributed by atoms with Crippen molar-refractivity contribution in [2.24, 2.45) is 5.92 Å². The summed E-state index contributed by atoms with van der Waals surface area (Å²) in [6, 6.07) is 9.68. The maximum Gasteiger partial charge on any atom is 0.325 e. The van der Waals surface area contributed by atoms with Gasteiger partial charge in [-0.2, -0.15) is 0 Å². The van der Waals surface area contributed by atoms with E-state index in [0.29, 0.717) is 31.2 Å². The number of amides is 2. The molecule has 0 radical (unpaired) electrons. The molecular formula is C23H24ClN5O4S3. The predicted molar refractivity (Wildman–Crippen MR) is 143 cm³/mol. The molecule has 2 aromatic heterocycles. The predicted octanol–water partition coefficient (Wildman–Crippen LogP) is 5.41. The molecule has 9 nitrogen and oxygen atoms in total. The number of anilines is 2. The van der Waals surface area contributed by atoms with Crippen LogP contribution in [0.3, 0.4) is 0 Å². The van der Waals surface area contributed by atoms with Gasteiger partial charge in [0.05, 0.1) is 28.4 Å². The lowest BCUT2D eigenvalue weighted by Gasteiger charge is -2.14. The third kappa shape index (κ3) is 7.26. The lowest BCUT2D eigenvalue weighted by atomic mass is 9.95. The first kappa shape index (κ1) is 26.6. The number of benzene rings is 1. The Kier molecular flexibility index (Phi) is 8.62. The Bertz CT molecular complexity index is 1360. The van der Waals surface area contributed by atoms with Crippen LogP contribution < -0.4 is 15.4 Å². The van der Waals surface area contributed by atoms with Crippen LogP contribution in [0.5, 0.6) is 0 Å². The summed E-state index contributed by atoms with van der Waals surface area (Å²) in [6.07, 6.45) is 6.41. The fourth-order valence-electron chi connectivity index (χ4n) is 3.77. The van der Waals surface area contributed by atoms with E-state index in [4.69, 9.17) is 11.6 Å². The van der Waals surface area contributed by atoms with Crippen molar-refractivity contribution in [3.63, 3.8) is 0 Å². The average Bonchev–Trinajstić information content (AvgIpc) is 3.49. The van der Waals surface area contributed by atoms with Gasteiger partial charge in [-0.3, -0.25) is 10.1 Å². The summed E-state index contributed by atoms with van der Waals surface area (Å²) in [4.78, 5) is 34.5. The van der Waals surface area contributed by atoms with Crippen molar-refractivity contribution < 1.29 is 18.0 Å². The van der Waals surface area contributed by atoms with E-state index in [1.54, 1.807) is 30.5 Å². The number of nitrogens with one attached hydrogen (secondary N) is 3. The molecule has 2 heterocycles. The molecule has 3 aromatic rings. The number of ketones is 1. The van der Waals surface area contributed by atoms with Crippen LogP contribution in [-0.2, 0) is 16.6 Å². The summed E-state index contributed by atoms with van der Waals surface area (Å²) in [6.45, 7) is -0.0367. The Morgan fingerprint density at radius 1 is 1.17 bits per heavy atom. The van der Waals surface area contributed by atoms with E-state index in [0.717, 1.165) is 31.9 Å². The molecule has 0 bridgehead atoms. The van der Waals surface area contributed by atoms with E-state index in [2.05, 4.69) is 25.3 Å². The molecule has 0 unspecified atom stereocenters. The lowest BCUT2D eigenvalue weighted by molar-refractivity contribution is 0.0923. The van der Waals surface area contributed by atoms with Crippen LogP contribution in [0.25, 0.3) is 0 Å². The maximum absolute atomic E-state index is 13.0. The molecule has 13 heteroatoms. The number of thiazole rings is 1. The van der Waals surface area contributed by atoms with E-state index in [1.165, 1.54) is 23.1 Å². The molecule has 0 aliphatic heterocycles. The van der Waals surface area contributed by atoms with Crippen LogP contribution >= 0.6 is 34.7 Å². The Labute approximate surface area is 222 Å². The fraction of sp³-hybridized carbons (Fsp3) is 0.304. The monoisotopic (exact) mass is 565 g/mol. The average molecular weight is 566 g/mol. The lowest BCUT2D eigenvalue weighted by Crippen LogP contribution is -2.23. The SMILES string of the molecule is CS(=O)(=O)NCc1nc(NC(=O)Nc2ccc(Cl)cc2C(=O)C2CCCC2)sc1Sc1ccccn1. The number of rotatable bonds is 9. The van der Waals surface area contributed by atoms with Crippen LogP contribution in [0.2, 0.25) is 5.02 Å². The number of carbonyl (C=O) groups is 2. The third-order valence-electron chi connectivity index (χ3n) is 5.44. The van der Waals surface area contributed by atoms with Gasteiger partial charge in [0.15, 0.2) is 10.9 Å². The first-order valence-corrected chi connectivity index (χ1v) is 15.0. The molecular weight excluding hydrogens is 542 g/mol. The highest BCUT2D eigenvalue weighted by molar-refractivity contribution is 8.01. The largest absolute Gasteiger partial charge is 0.325 e. The number of nitrogens with zero attached hydrogens (tertiary/aromatic N) is 2. The summed E-state index contributed by atoms with van der Waals surface area (Å²) in [5.74, 6) is -0.0927. The van der Waals surface area contributed by atoms with Crippen LogP contribution in [0, 0.1) is 5.92 Å². The van der Waals surface area contributed by atoms with Gasteiger partial charge in [0, 0.05) is 22.7 Å². The van der Waals surface area contributed by atoms with Crippen molar-refractivity contribution in [1.82, 2.24) is 14.7 Å². The van der Waals surface area contributed by atoms with Gasteiger partial charge in [0.1, 0.15) is 5.03 Å². The molecule has 1 aromatic carbocycles. The Hall–Kier alpha value is -2.51. The van der Waals surface area contributed by atoms with Crippen molar-refractivity contribution >= 4 is 67.4 Å². The van der Waals surface area contributed by atoms with Crippen molar-refractivity contribution in [2.75, 3.05) is 16.9 Å². The molecule has 0 spiro atoms.